The molecule has 8 heteroatoms. The van der Waals surface area contributed by atoms with E-state index < -0.39 is 39.4 Å². The molecule has 1 aliphatic rings. The molecule has 1 saturated heterocycles. The number of carbonyl (C=O) groups excluding carboxylic acids is 1. The Hall–Kier alpha value is -1.31. The van der Waals surface area contributed by atoms with Gasteiger partial charge in [0.05, 0.1) is 16.7 Å². The Kier molecular flexibility index (Phi) is 2.98. The number of β-lactam (4-membered cyclic amide) rings is 1. The maximum absolute atomic E-state index is 13.2. The fourth-order valence-corrected chi connectivity index (χ4v) is 2.32. The molecule has 0 radical (unpaired) electrons. The van der Waals surface area contributed by atoms with Crippen LogP contribution in [0.1, 0.15) is 6.42 Å². The molecular weight excluding hydrogens is 265 g/mol. The number of benzene rings is 1. The second kappa shape index (κ2) is 4.17. The molecule has 0 aromatic heterocycles. The molecule has 1 fully saturated rings. The molecule has 1 aromatic carbocycles. The van der Waals surface area contributed by atoms with Crippen molar-refractivity contribution >= 4 is 17.7 Å². The van der Waals surface area contributed by atoms with Gasteiger partial charge in [0.25, 0.3) is 0 Å². The third kappa shape index (κ3) is 1.97. The van der Waals surface area contributed by atoms with E-state index in [2.05, 4.69) is 5.32 Å². The van der Waals surface area contributed by atoms with Crippen molar-refractivity contribution in [3.63, 3.8) is 0 Å². The molecule has 1 heterocycles. The van der Waals surface area contributed by atoms with Gasteiger partial charge in [0.1, 0.15) is 0 Å². The highest BCUT2D eigenvalue weighted by Crippen LogP contribution is 2.35. The van der Waals surface area contributed by atoms with Gasteiger partial charge < -0.3 is 5.32 Å². The van der Waals surface area contributed by atoms with Crippen molar-refractivity contribution in [3.05, 3.63) is 29.1 Å². The Morgan fingerprint density at radius 3 is 1.76 bits per heavy atom. The number of carbonyl (C=O) groups is 1. The summed E-state index contributed by atoms with van der Waals surface area (Å²) in [5, 5.41) is 1.58. The van der Waals surface area contributed by atoms with Crippen molar-refractivity contribution in [1.82, 2.24) is 5.32 Å². The average molecular weight is 269 g/mol. The summed E-state index contributed by atoms with van der Waals surface area (Å²) in [6.45, 7) is 0. The minimum atomic E-state index is -2.19. The SMILES string of the molecule is O=C1CC(Sc2c(F)c(F)c(F)c(F)c2F)N1. The molecule has 1 aliphatic heterocycles. The molecule has 1 amide bonds. The summed E-state index contributed by atoms with van der Waals surface area (Å²) in [4.78, 5) is 9.56. The maximum atomic E-state index is 13.2. The molecule has 1 unspecified atom stereocenters. The highest BCUT2D eigenvalue weighted by molar-refractivity contribution is 8.00. The van der Waals surface area contributed by atoms with E-state index in [9.17, 15) is 26.7 Å². The van der Waals surface area contributed by atoms with Gasteiger partial charge in [0.15, 0.2) is 23.3 Å². The number of thioether (sulfide) groups is 1. The summed E-state index contributed by atoms with van der Waals surface area (Å²) in [5.41, 5.74) is 0. The van der Waals surface area contributed by atoms with Crippen molar-refractivity contribution in [3.8, 4) is 0 Å². The normalized spacial score (nSPS) is 18.9. The summed E-state index contributed by atoms with van der Waals surface area (Å²) in [6, 6.07) is 0. The summed E-state index contributed by atoms with van der Waals surface area (Å²) in [7, 11) is 0. The second-order valence-electron chi connectivity index (χ2n) is 3.28. The van der Waals surface area contributed by atoms with Crippen LogP contribution in [0.25, 0.3) is 0 Å². The van der Waals surface area contributed by atoms with E-state index in [1.807, 2.05) is 0 Å². The van der Waals surface area contributed by atoms with Crippen molar-refractivity contribution in [1.29, 1.82) is 0 Å². The van der Waals surface area contributed by atoms with Crippen molar-refractivity contribution in [2.75, 3.05) is 0 Å². The lowest BCUT2D eigenvalue weighted by atomic mass is 10.3. The summed E-state index contributed by atoms with van der Waals surface area (Å²) >= 11 is 0.396. The fraction of sp³-hybridized carbons (Fsp3) is 0.222. The number of halogens is 5. The van der Waals surface area contributed by atoms with Gasteiger partial charge in [-0.05, 0) is 0 Å². The molecule has 1 atom stereocenters. The zero-order chi connectivity index (χ0) is 12.7. The van der Waals surface area contributed by atoms with Gasteiger partial charge >= 0.3 is 0 Å². The second-order valence-corrected chi connectivity index (χ2v) is 4.49. The van der Waals surface area contributed by atoms with E-state index in [1.165, 1.54) is 0 Å². The zero-order valence-electron chi connectivity index (χ0n) is 7.99. The van der Waals surface area contributed by atoms with Crippen LogP contribution < -0.4 is 5.32 Å². The monoisotopic (exact) mass is 269 g/mol. The quantitative estimate of drug-likeness (QED) is 0.386. The van der Waals surface area contributed by atoms with Crippen LogP contribution in [0.15, 0.2) is 4.90 Å². The molecule has 0 bridgehead atoms. The predicted molar refractivity (Wildman–Crippen MR) is 48.6 cm³/mol. The molecular formula is C9H4F5NOS. The highest BCUT2D eigenvalue weighted by Gasteiger charge is 2.32. The van der Waals surface area contributed by atoms with Crippen LogP contribution >= 0.6 is 11.8 Å². The molecule has 2 rings (SSSR count). The lowest BCUT2D eigenvalue weighted by Gasteiger charge is -2.26. The van der Waals surface area contributed by atoms with Crippen molar-refractivity contribution < 1.29 is 26.7 Å². The minimum absolute atomic E-state index is 0.0236. The molecule has 0 aliphatic carbocycles. The lowest BCUT2D eigenvalue weighted by Crippen LogP contribution is -2.46. The van der Waals surface area contributed by atoms with Gasteiger partial charge in [-0.2, -0.15) is 0 Å². The largest absolute Gasteiger partial charge is 0.343 e. The molecule has 1 aromatic rings. The molecule has 0 spiro atoms. The standard InChI is InChI=1S/C9H4F5NOS/c10-4-5(11)7(13)9(8(14)6(4)12)17-3-1-2(16)15-3/h3H,1H2,(H,15,16). The van der Waals surface area contributed by atoms with Crippen molar-refractivity contribution in [2.45, 2.75) is 16.7 Å². The van der Waals surface area contributed by atoms with Gasteiger partial charge in [-0.1, -0.05) is 11.8 Å². The fourth-order valence-electron chi connectivity index (χ4n) is 1.23. The van der Waals surface area contributed by atoms with Gasteiger partial charge in [-0.15, -0.1) is 0 Å². The molecule has 2 nitrogen and oxygen atoms in total. The Morgan fingerprint density at radius 2 is 1.35 bits per heavy atom. The van der Waals surface area contributed by atoms with Gasteiger partial charge in [0.2, 0.25) is 11.7 Å². The van der Waals surface area contributed by atoms with E-state index in [0.29, 0.717) is 11.8 Å². The number of hydrogen-bond donors (Lipinski definition) is 1. The third-order valence-electron chi connectivity index (χ3n) is 2.12. The van der Waals surface area contributed by atoms with Crippen LogP contribution in [0.4, 0.5) is 22.0 Å². The number of rotatable bonds is 2. The van der Waals surface area contributed by atoms with E-state index in [1.54, 1.807) is 0 Å². The highest BCUT2D eigenvalue weighted by atomic mass is 32.2. The van der Waals surface area contributed by atoms with Crippen LogP contribution in [0, 0.1) is 29.1 Å². The van der Waals surface area contributed by atoms with Gasteiger partial charge in [-0.25, -0.2) is 22.0 Å². The number of nitrogens with one attached hydrogen (secondary N) is 1. The topological polar surface area (TPSA) is 29.1 Å². The molecule has 0 saturated carbocycles. The summed E-state index contributed by atoms with van der Waals surface area (Å²) in [5.74, 6) is -10.3. The smallest absolute Gasteiger partial charge is 0.223 e. The van der Waals surface area contributed by atoms with E-state index >= 15 is 0 Å². The Balaban J connectivity index is 2.36. The molecule has 92 valence electrons. The van der Waals surface area contributed by atoms with Gasteiger partial charge in [-0.3, -0.25) is 4.79 Å². The Bertz CT molecular complexity index is 470. The summed E-state index contributed by atoms with van der Waals surface area (Å²) < 4.78 is 64.6. The third-order valence-corrected chi connectivity index (χ3v) is 3.29. The Morgan fingerprint density at radius 1 is 0.941 bits per heavy atom. The van der Waals surface area contributed by atoms with E-state index in [0.717, 1.165) is 0 Å². The summed E-state index contributed by atoms with van der Waals surface area (Å²) in [6.07, 6.45) is -0.0236. The van der Waals surface area contributed by atoms with Crippen LogP contribution in [0.2, 0.25) is 0 Å². The van der Waals surface area contributed by atoms with E-state index in [4.69, 9.17) is 0 Å². The van der Waals surface area contributed by atoms with Gasteiger partial charge in [0, 0.05) is 0 Å². The minimum Gasteiger partial charge on any atom is -0.343 e. The first-order valence-electron chi connectivity index (χ1n) is 4.39. The van der Waals surface area contributed by atoms with E-state index in [-0.39, 0.29) is 12.3 Å². The molecule has 1 N–H and O–H groups in total. The maximum Gasteiger partial charge on any atom is 0.223 e. The van der Waals surface area contributed by atoms with Crippen LogP contribution in [-0.2, 0) is 4.79 Å². The first kappa shape index (κ1) is 12.2. The Labute approximate surface area is 96.2 Å². The number of hydrogen-bond acceptors (Lipinski definition) is 2. The van der Waals surface area contributed by atoms with Crippen LogP contribution in [0.5, 0.6) is 0 Å². The van der Waals surface area contributed by atoms with Crippen LogP contribution in [-0.4, -0.2) is 11.3 Å². The predicted octanol–water partition coefficient (Wildman–Crippen LogP) is 2.32. The van der Waals surface area contributed by atoms with Crippen molar-refractivity contribution in [2.24, 2.45) is 0 Å². The first-order valence-corrected chi connectivity index (χ1v) is 5.27. The average Bonchev–Trinajstić information content (AvgIpc) is 2.27. The first-order chi connectivity index (χ1) is 7.91. The zero-order valence-corrected chi connectivity index (χ0v) is 8.81. The van der Waals surface area contributed by atoms with Crippen LogP contribution in [0.3, 0.4) is 0 Å². The molecule has 17 heavy (non-hydrogen) atoms. The number of amides is 1. The lowest BCUT2D eigenvalue weighted by molar-refractivity contribution is -0.126.